The molecule has 0 radical (unpaired) electrons. The van der Waals surface area contributed by atoms with Crippen LogP contribution in [0.2, 0.25) is 0 Å². The molecule has 2 aromatic rings. The molecule has 0 aliphatic carbocycles. The predicted octanol–water partition coefficient (Wildman–Crippen LogP) is 2.04. The molecule has 24 heavy (non-hydrogen) atoms. The Balaban J connectivity index is 1.62. The van der Waals surface area contributed by atoms with Gasteiger partial charge in [0, 0.05) is 24.2 Å². The number of carbonyl (C=O) groups excluding carboxylic acids is 1. The summed E-state index contributed by atoms with van der Waals surface area (Å²) in [6, 6.07) is 7.46. The highest BCUT2D eigenvalue weighted by atomic mass is 32.2. The average molecular weight is 346 g/mol. The molecule has 1 amide bonds. The minimum atomic E-state index is -0.922. The molecule has 7 nitrogen and oxygen atoms in total. The van der Waals surface area contributed by atoms with Crippen LogP contribution in [0, 0.1) is 0 Å². The van der Waals surface area contributed by atoms with Gasteiger partial charge in [0.05, 0.1) is 11.5 Å². The van der Waals surface area contributed by atoms with Crippen LogP contribution in [-0.4, -0.2) is 43.3 Å². The average Bonchev–Trinajstić information content (AvgIpc) is 2.99. The molecule has 8 heteroatoms. The number of carboxylic acid groups (broad SMARTS) is 1. The first-order chi connectivity index (χ1) is 11.6. The molecule has 2 N–H and O–H groups in total. The van der Waals surface area contributed by atoms with Crippen molar-refractivity contribution >= 4 is 29.3 Å². The molecule has 1 aliphatic rings. The van der Waals surface area contributed by atoms with Gasteiger partial charge >= 0.3 is 5.97 Å². The lowest BCUT2D eigenvalue weighted by Gasteiger charge is -2.14. The van der Waals surface area contributed by atoms with E-state index in [-0.39, 0.29) is 17.4 Å². The Hall–Kier alpha value is -2.35. The number of aryl methyl sites for hydroxylation is 1. The molecule has 0 saturated heterocycles. The number of aromatic nitrogens is 3. The summed E-state index contributed by atoms with van der Waals surface area (Å²) in [4.78, 5) is 22.2. The molecule has 3 rings (SSSR count). The van der Waals surface area contributed by atoms with Gasteiger partial charge in [0.25, 0.3) is 0 Å². The molecule has 0 bridgehead atoms. The van der Waals surface area contributed by atoms with Crippen molar-refractivity contribution in [1.82, 2.24) is 14.8 Å². The van der Waals surface area contributed by atoms with Crippen LogP contribution >= 0.6 is 11.8 Å². The SMILES string of the molecule is O=C(O)CSCC(=O)Nc1ccc(-c2nnc3n2CCCC3)cc1. The predicted molar refractivity (Wildman–Crippen MR) is 92.0 cm³/mol. The van der Waals surface area contributed by atoms with Gasteiger partial charge in [-0.1, -0.05) is 0 Å². The van der Waals surface area contributed by atoms with Crippen LogP contribution in [0.5, 0.6) is 0 Å². The van der Waals surface area contributed by atoms with E-state index in [2.05, 4.69) is 20.1 Å². The van der Waals surface area contributed by atoms with Crippen LogP contribution in [0.15, 0.2) is 24.3 Å². The van der Waals surface area contributed by atoms with Crippen LogP contribution in [0.25, 0.3) is 11.4 Å². The number of anilines is 1. The number of nitrogens with zero attached hydrogens (tertiary/aromatic N) is 3. The summed E-state index contributed by atoms with van der Waals surface area (Å²) in [6.07, 6.45) is 3.26. The van der Waals surface area contributed by atoms with Crippen LogP contribution in [0.1, 0.15) is 18.7 Å². The van der Waals surface area contributed by atoms with Gasteiger partial charge in [0.2, 0.25) is 5.91 Å². The van der Waals surface area contributed by atoms with Crippen molar-refractivity contribution in [3.05, 3.63) is 30.1 Å². The van der Waals surface area contributed by atoms with E-state index in [9.17, 15) is 9.59 Å². The van der Waals surface area contributed by atoms with Crippen LogP contribution in [-0.2, 0) is 22.6 Å². The number of thioether (sulfide) groups is 1. The van der Waals surface area contributed by atoms with Gasteiger partial charge in [0.15, 0.2) is 5.82 Å². The summed E-state index contributed by atoms with van der Waals surface area (Å²) in [6.45, 7) is 0.941. The van der Waals surface area contributed by atoms with Gasteiger partial charge in [-0.2, -0.15) is 0 Å². The van der Waals surface area contributed by atoms with Gasteiger partial charge in [-0.3, -0.25) is 9.59 Å². The van der Waals surface area contributed by atoms with E-state index in [1.807, 2.05) is 24.3 Å². The molecule has 1 aromatic carbocycles. The Morgan fingerprint density at radius 2 is 1.96 bits per heavy atom. The van der Waals surface area contributed by atoms with Crippen molar-refractivity contribution in [1.29, 1.82) is 0 Å². The maximum Gasteiger partial charge on any atom is 0.313 e. The molecule has 1 aliphatic heterocycles. The molecule has 0 fully saturated rings. The summed E-state index contributed by atoms with van der Waals surface area (Å²) in [5, 5.41) is 19.8. The molecule has 0 spiro atoms. The van der Waals surface area contributed by atoms with Crippen molar-refractivity contribution in [2.75, 3.05) is 16.8 Å². The van der Waals surface area contributed by atoms with Gasteiger partial charge in [-0.25, -0.2) is 0 Å². The fraction of sp³-hybridized carbons (Fsp3) is 0.375. The lowest BCUT2D eigenvalue weighted by atomic mass is 10.1. The maximum atomic E-state index is 11.7. The first kappa shape index (κ1) is 16.5. The van der Waals surface area contributed by atoms with Crippen molar-refractivity contribution < 1.29 is 14.7 Å². The number of amides is 1. The Kier molecular flexibility index (Phi) is 5.14. The minimum absolute atomic E-state index is 0.0790. The monoisotopic (exact) mass is 346 g/mol. The first-order valence-electron chi connectivity index (χ1n) is 7.75. The normalized spacial score (nSPS) is 13.3. The highest BCUT2D eigenvalue weighted by molar-refractivity contribution is 8.00. The van der Waals surface area contributed by atoms with Gasteiger partial charge in [-0.05, 0) is 37.1 Å². The second kappa shape index (κ2) is 7.48. The van der Waals surface area contributed by atoms with Gasteiger partial charge < -0.3 is 15.0 Å². The molecular formula is C16H18N4O3S. The quantitative estimate of drug-likeness (QED) is 0.831. The second-order valence-corrected chi connectivity index (χ2v) is 6.55. The standard InChI is InChI=1S/C16H18N4O3S/c21-14(9-24-10-15(22)23)17-12-6-4-11(5-7-12)16-19-18-13-3-1-2-8-20(13)16/h4-7H,1-3,8-10H2,(H,17,21)(H,22,23). The number of hydrogen-bond acceptors (Lipinski definition) is 5. The summed E-state index contributed by atoms with van der Waals surface area (Å²) in [5.74, 6) is 0.794. The number of benzene rings is 1. The second-order valence-electron chi connectivity index (χ2n) is 5.56. The zero-order valence-electron chi connectivity index (χ0n) is 13.1. The van der Waals surface area contributed by atoms with Crippen molar-refractivity contribution in [3.63, 3.8) is 0 Å². The molecule has 126 valence electrons. The number of hydrogen-bond donors (Lipinski definition) is 2. The fourth-order valence-electron chi connectivity index (χ4n) is 2.65. The summed E-state index contributed by atoms with van der Waals surface area (Å²) in [7, 11) is 0. The maximum absolute atomic E-state index is 11.7. The number of aliphatic carboxylic acids is 1. The summed E-state index contributed by atoms with van der Waals surface area (Å²) >= 11 is 1.07. The van der Waals surface area contributed by atoms with Crippen LogP contribution < -0.4 is 5.32 Å². The lowest BCUT2D eigenvalue weighted by Crippen LogP contribution is -2.15. The van der Waals surface area contributed by atoms with Crippen LogP contribution in [0.4, 0.5) is 5.69 Å². The van der Waals surface area contributed by atoms with Crippen LogP contribution in [0.3, 0.4) is 0 Å². The summed E-state index contributed by atoms with van der Waals surface area (Å²) < 4.78 is 2.15. The number of rotatable bonds is 6. The van der Waals surface area contributed by atoms with Gasteiger partial charge in [0.1, 0.15) is 5.82 Å². The largest absolute Gasteiger partial charge is 0.481 e. The topological polar surface area (TPSA) is 97.1 Å². The highest BCUT2D eigenvalue weighted by Gasteiger charge is 2.16. The Bertz CT molecular complexity index is 742. The fourth-order valence-corrected chi connectivity index (χ4v) is 3.19. The van der Waals surface area contributed by atoms with Gasteiger partial charge in [-0.15, -0.1) is 22.0 Å². The smallest absolute Gasteiger partial charge is 0.313 e. The van der Waals surface area contributed by atoms with Crippen molar-refractivity contribution in [2.24, 2.45) is 0 Å². The highest BCUT2D eigenvalue weighted by Crippen LogP contribution is 2.24. The Labute approximate surface area is 143 Å². The first-order valence-corrected chi connectivity index (χ1v) is 8.91. The third-order valence-electron chi connectivity index (χ3n) is 3.75. The van der Waals surface area contributed by atoms with E-state index in [0.717, 1.165) is 54.8 Å². The third kappa shape index (κ3) is 3.94. The van der Waals surface area contributed by atoms with E-state index in [0.29, 0.717) is 5.69 Å². The zero-order chi connectivity index (χ0) is 16.9. The number of carbonyl (C=O) groups is 2. The van der Waals surface area contributed by atoms with E-state index >= 15 is 0 Å². The minimum Gasteiger partial charge on any atom is -0.481 e. The van der Waals surface area contributed by atoms with E-state index < -0.39 is 5.97 Å². The molecule has 0 saturated carbocycles. The molecular weight excluding hydrogens is 328 g/mol. The zero-order valence-corrected chi connectivity index (χ0v) is 13.9. The number of nitrogens with one attached hydrogen (secondary N) is 1. The van der Waals surface area contributed by atoms with E-state index in [1.165, 1.54) is 0 Å². The van der Waals surface area contributed by atoms with Crippen molar-refractivity contribution in [3.8, 4) is 11.4 Å². The molecule has 0 atom stereocenters. The number of fused-ring (bicyclic) bond motifs is 1. The Morgan fingerprint density at radius 3 is 2.71 bits per heavy atom. The summed E-state index contributed by atoms with van der Waals surface area (Å²) in [5.41, 5.74) is 1.65. The molecule has 1 aromatic heterocycles. The third-order valence-corrected chi connectivity index (χ3v) is 4.66. The molecule has 0 unspecified atom stereocenters. The Morgan fingerprint density at radius 1 is 1.17 bits per heavy atom. The molecule has 2 heterocycles. The van der Waals surface area contributed by atoms with E-state index in [1.54, 1.807) is 0 Å². The van der Waals surface area contributed by atoms with E-state index in [4.69, 9.17) is 5.11 Å². The lowest BCUT2D eigenvalue weighted by molar-refractivity contribution is -0.133. The van der Waals surface area contributed by atoms with Crippen molar-refractivity contribution in [2.45, 2.75) is 25.8 Å². The number of carboxylic acids is 1.